The normalized spacial score (nSPS) is 10.2. The lowest BCUT2D eigenvalue weighted by Crippen LogP contribution is -2.28. The highest BCUT2D eigenvalue weighted by atomic mass is 16.5. The van der Waals surface area contributed by atoms with Crippen LogP contribution in [-0.2, 0) is 11.3 Å². The molecule has 6 heteroatoms. The summed E-state index contributed by atoms with van der Waals surface area (Å²) in [6.07, 6.45) is 2.99. The fourth-order valence-corrected chi connectivity index (χ4v) is 0.820. The molecule has 0 aromatic carbocycles. The van der Waals surface area contributed by atoms with Gasteiger partial charge in [-0.15, -0.1) is 0 Å². The molecular formula is C6H11BN2O3. The van der Waals surface area contributed by atoms with E-state index in [2.05, 4.69) is 5.10 Å². The van der Waals surface area contributed by atoms with Gasteiger partial charge in [0.15, 0.2) is 0 Å². The molecule has 1 rings (SSSR count). The summed E-state index contributed by atoms with van der Waals surface area (Å²) in [5.74, 6) is 0. The van der Waals surface area contributed by atoms with E-state index in [4.69, 9.17) is 14.8 Å². The zero-order valence-corrected chi connectivity index (χ0v) is 6.84. The van der Waals surface area contributed by atoms with Crippen molar-refractivity contribution in [3.05, 3.63) is 12.4 Å². The van der Waals surface area contributed by atoms with Crippen molar-refractivity contribution in [2.24, 2.45) is 0 Å². The molecule has 5 nitrogen and oxygen atoms in total. The average molecular weight is 170 g/mol. The van der Waals surface area contributed by atoms with Crippen molar-refractivity contribution < 1.29 is 14.8 Å². The molecular weight excluding hydrogens is 159 g/mol. The summed E-state index contributed by atoms with van der Waals surface area (Å²) in [6, 6.07) is 0. The Bertz CT molecular complexity index is 238. The Morgan fingerprint density at radius 2 is 2.42 bits per heavy atom. The van der Waals surface area contributed by atoms with Gasteiger partial charge in [-0.25, -0.2) is 0 Å². The van der Waals surface area contributed by atoms with Gasteiger partial charge in [-0.2, -0.15) is 5.10 Å². The highest BCUT2D eigenvalue weighted by molar-refractivity contribution is 6.58. The maximum atomic E-state index is 8.73. The molecule has 0 saturated carbocycles. The van der Waals surface area contributed by atoms with Crippen LogP contribution in [0, 0.1) is 0 Å². The Balaban J connectivity index is 2.52. The highest BCUT2D eigenvalue weighted by Crippen LogP contribution is 1.84. The minimum Gasteiger partial charge on any atom is -0.423 e. The predicted octanol–water partition coefficient (Wildman–Crippen LogP) is -1.79. The van der Waals surface area contributed by atoms with Crippen LogP contribution in [0.25, 0.3) is 0 Å². The van der Waals surface area contributed by atoms with Crippen LogP contribution in [0.4, 0.5) is 0 Å². The van der Waals surface area contributed by atoms with Crippen LogP contribution < -0.4 is 5.46 Å². The van der Waals surface area contributed by atoms with Gasteiger partial charge < -0.3 is 14.8 Å². The first-order valence-corrected chi connectivity index (χ1v) is 3.61. The summed E-state index contributed by atoms with van der Waals surface area (Å²) >= 11 is 0. The van der Waals surface area contributed by atoms with E-state index < -0.39 is 7.12 Å². The van der Waals surface area contributed by atoms with E-state index in [0.29, 0.717) is 18.6 Å². The molecule has 0 aliphatic rings. The number of nitrogens with zero attached hydrogens (tertiary/aromatic N) is 2. The molecule has 0 aliphatic carbocycles. The van der Waals surface area contributed by atoms with Crippen LogP contribution in [-0.4, -0.2) is 40.7 Å². The number of rotatable bonds is 4. The zero-order chi connectivity index (χ0) is 8.97. The van der Waals surface area contributed by atoms with Gasteiger partial charge in [0.05, 0.1) is 13.2 Å². The van der Waals surface area contributed by atoms with Crippen molar-refractivity contribution in [3.63, 3.8) is 0 Å². The first-order chi connectivity index (χ1) is 5.74. The predicted molar refractivity (Wildman–Crippen MR) is 43.9 cm³/mol. The summed E-state index contributed by atoms with van der Waals surface area (Å²) in [7, 11) is 0.159. The molecule has 1 aromatic heterocycles. The Kier molecular flexibility index (Phi) is 3.27. The third kappa shape index (κ3) is 2.33. The lowest BCUT2D eigenvalue weighted by Gasteiger charge is -1.98. The SMILES string of the molecule is COCCn1cc(B(O)O)cn1. The molecule has 2 N–H and O–H groups in total. The van der Waals surface area contributed by atoms with Crippen molar-refractivity contribution in [3.8, 4) is 0 Å². The van der Waals surface area contributed by atoms with E-state index in [0.717, 1.165) is 0 Å². The van der Waals surface area contributed by atoms with Crippen LogP contribution in [0.2, 0.25) is 0 Å². The van der Waals surface area contributed by atoms with Crippen molar-refractivity contribution in [1.29, 1.82) is 0 Å². The molecule has 0 unspecified atom stereocenters. The summed E-state index contributed by atoms with van der Waals surface area (Å²) in [4.78, 5) is 0. The van der Waals surface area contributed by atoms with E-state index in [1.54, 1.807) is 18.0 Å². The second-order valence-corrected chi connectivity index (χ2v) is 2.40. The lowest BCUT2D eigenvalue weighted by molar-refractivity contribution is 0.183. The monoisotopic (exact) mass is 170 g/mol. The summed E-state index contributed by atoms with van der Waals surface area (Å²) in [5, 5.41) is 21.4. The Labute approximate surface area is 70.7 Å². The molecule has 0 saturated heterocycles. The fourth-order valence-electron chi connectivity index (χ4n) is 0.820. The first kappa shape index (κ1) is 9.24. The van der Waals surface area contributed by atoms with Crippen molar-refractivity contribution in [2.75, 3.05) is 13.7 Å². The quantitative estimate of drug-likeness (QED) is 0.523. The molecule has 1 aromatic rings. The van der Waals surface area contributed by atoms with Gasteiger partial charge >= 0.3 is 7.12 Å². The lowest BCUT2D eigenvalue weighted by atomic mass is 9.83. The molecule has 0 radical (unpaired) electrons. The Morgan fingerprint density at radius 3 is 2.92 bits per heavy atom. The van der Waals surface area contributed by atoms with Crippen molar-refractivity contribution in [2.45, 2.75) is 6.54 Å². The van der Waals surface area contributed by atoms with E-state index in [9.17, 15) is 0 Å². The van der Waals surface area contributed by atoms with E-state index >= 15 is 0 Å². The first-order valence-electron chi connectivity index (χ1n) is 3.61. The maximum Gasteiger partial charge on any atom is 0.491 e. The standard InChI is InChI=1S/C6H11BN2O3/c1-12-3-2-9-5-6(4-8-9)7(10)11/h4-5,10-11H,2-3H2,1H3. The molecule has 0 spiro atoms. The van der Waals surface area contributed by atoms with Gasteiger partial charge in [0.1, 0.15) is 0 Å². The summed E-state index contributed by atoms with van der Waals surface area (Å²) in [5.41, 5.74) is 0.395. The number of methoxy groups -OCH3 is 1. The van der Waals surface area contributed by atoms with Gasteiger partial charge in [0.25, 0.3) is 0 Å². The molecule has 12 heavy (non-hydrogen) atoms. The van der Waals surface area contributed by atoms with Crippen LogP contribution in [0.5, 0.6) is 0 Å². The smallest absolute Gasteiger partial charge is 0.423 e. The largest absolute Gasteiger partial charge is 0.491 e. The van der Waals surface area contributed by atoms with Crippen molar-refractivity contribution in [1.82, 2.24) is 9.78 Å². The molecule has 0 amide bonds. The van der Waals surface area contributed by atoms with Crippen LogP contribution in [0.3, 0.4) is 0 Å². The second-order valence-electron chi connectivity index (χ2n) is 2.40. The average Bonchev–Trinajstić information content (AvgIpc) is 2.48. The second kappa shape index (κ2) is 4.25. The van der Waals surface area contributed by atoms with Crippen LogP contribution in [0.15, 0.2) is 12.4 Å². The third-order valence-electron chi connectivity index (χ3n) is 1.48. The van der Waals surface area contributed by atoms with Gasteiger partial charge in [-0.1, -0.05) is 0 Å². The van der Waals surface area contributed by atoms with E-state index in [-0.39, 0.29) is 0 Å². The number of hydrogen-bond donors (Lipinski definition) is 2. The Hall–Kier alpha value is -0.845. The van der Waals surface area contributed by atoms with Gasteiger partial charge in [-0.3, -0.25) is 4.68 Å². The minimum atomic E-state index is -1.44. The molecule has 1 heterocycles. The van der Waals surface area contributed by atoms with Crippen LogP contribution in [0.1, 0.15) is 0 Å². The third-order valence-corrected chi connectivity index (χ3v) is 1.48. The van der Waals surface area contributed by atoms with E-state index in [1.807, 2.05) is 0 Å². The fraction of sp³-hybridized carbons (Fsp3) is 0.500. The molecule has 66 valence electrons. The maximum absolute atomic E-state index is 8.73. The van der Waals surface area contributed by atoms with Gasteiger partial charge in [0, 0.05) is 25.0 Å². The highest BCUT2D eigenvalue weighted by Gasteiger charge is 2.12. The minimum absolute atomic E-state index is 0.395. The van der Waals surface area contributed by atoms with E-state index in [1.165, 1.54) is 6.20 Å². The number of aromatic nitrogens is 2. The van der Waals surface area contributed by atoms with Gasteiger partial charge in [-0.05, 0) is 0 Å². The molecule has 0 aliphatic heterocycles. The summed E-state index contributed by atoms with van der Waals surface area (Å²) < 4.78 is 6.43. The Morgan fingerprint density at radius 1 is 1.67 bits per heavy atom. The van der Waals surface area contributed by atoms with Gasteiger partial charge in [0.2, 0.25) is 0 Å². The summed E-state index contributed by atoms with van der Waals surface area (Å²) in [6.45, 7) is 1.17. The molecule has 0 fully saturated rings. The van der Waals surface area contributed by atoms with Crippen molar-refractivity contribution >= 4 is 12.6 Å². The number of hydrogen-bond acceptors (Lipinski definition) is 4. The molecule has 0 bridgehead atoms. The topological polar surface area (TPSA) is 67.5 Å². The number of ether oxygens (including phenoxy) is 1. The molecule has 0 atom stereocenters. The zero-order valence-electron chi connectivity index (χ0n) is 6.84. The van der Waals surface area contributed by atoms with Crippen LogP contribution >= 0.6 is 0 Å².